The second-order valence-electron chi connectivity index (χ2n) is 7.20. The van der Waals surface area contributed by atoms with Crippen molar-refractivity contribution in [2.24, 2.45) is 5.92 Å². The summed E-state index contributed by atoms with van der Waals surface area (Å²) in [6.07, 6.45) is 3.61. The van der Waals surface area contributed by atoms with E-state index in [1.54, 1.807) is 0 Å². The first-order valence-corrected chi connectivity index (χ1v) is 9.52. The van der Waals surface area contributed by atoms with Crippen LogP contribution in [0.3, 0.4) is 0 Å². The predicted molar refractivity (Wildman–Crippen MR) is 98.9 cm³/mol. The van der Waals surface area contributed by atoms with E-state index in [2.05, 4.69) is 22.8 Å². The fourth-order valence-electron chi connectivity index (χ4n) is 3.81. The van der Waals surface area contributed by atoms with Gasteiger partial charge < -0.3 is 14.7 Å². The van der Waals surface area contributed by atoms with Gasteiger partial charge in [0.2, 0.25) is 0 Å². The fraction of sp³-hybridized carbons (Fsp3) is 0.684. The van der Waals surface area contributed by atoms with Crippen LogP contribution in [-0.2, 0) is 4.74 Å². The molecular formula is C19H29ClN2O2. The molecule has 3 rings (SSSR count). The molecule has 1 aromatic carbocycles. The van der Waals surface area contributed by atoms with Gasteiger partial charge in [-0.1, -0.05) is 31.0 Å². The molecule has 134 valence electrons. The lowest BCUT2D eigenvalue weighted by Gasteiger charge is -2.37. The Kier molecular flexibility index (Phi) is 6.39. The van der Waals surface area contributed by atoms with Crippen molar-refractivity contribution in [2.45, 2.75) is 38.4 Å². The lowest BCUT2D eigenvalue weighted by atomic mass is 10.1. The van der Waals surface area contributed by atoms with Crippen LogP contribution < -0.4 is 4.90 Å². The number of hydrogen-bond acceptors (Lipinski definition) is 4. The molecule has 1 aliphatic heterocycles. The Labute approximate surface area is 150 Å². The highest BCUT2D eigenvalue weighted by molar-refractivity contribution is 6.30. The summed E-state index contributed by atoms with van der Waals surface area (Å²) in [6, 6.07) is 8.02. The van der Waals surface area contributed by atoms with E-state index in [-0.39, 0.29) is 0 Å². The molecule has 1 N–H and O–H groups in total. The summed E-state index contributed by atoms with van der Waals surface area (Å²) < 4.78 is 5.92. The van der Waals surface area contributed by atoms with E-state index in [1.807, 2.05) is 18.2 Å². The van der Waals surface area contributed by atoms with Crippen LogP contribution in [0.5, 0.6) is 0 Å². The van der Waals surface area contributed by atoms with Crippen LogP contribution in [0.1, 0.15) is 26.2 Å². The number of anilines is 1. The van der Waals surface area contributed by atoms with Gasteiger partial charge in [0, 0.05) is 43.4 Å². The topological polar surface area (TPSA) is 35.9 Å². The molecule has 24 heavy (non-hydrogen) atoms. The van der Waals surface area contributed by atoms with Crippen LogP contribution in [0.15, 0.2) is 24.3 Å². The molecule has 0 amide bonds. The van der Waals surface area contributed by atoms with Gasteiger partial charge in [0.1, 0.15) is 0 Å². The minimum Gasteiger partial charge on any atom is -0.389 e. The lowest BCUT2D eigenvalue weighted by molar-refractivity contribution is -0.0321. The van der Waals surface area contributed by atoms with Crippen molar-refractivity contribution in [3.63, 3.8) is 0 Å². The third kappa shape index (κ3) is 4.85. The largest absolute Gasteiger partial charge is 0.389 e. The third-order valence-corrected chi connectivity index (χ3v) is 5.54. The summed E-state index contributed by atoms with van der Waals surface area (Å²) in [5.74, 6) is 0.637. The van der Waals surface area contributed by atoms with Gasteiger partial charge in [-0.2, -0.15) is 0 Å². The highest BCUT2D eigenvalue weighted by Crippen LogP contribution is 2.27. The quantitative estimate of drug-likeness (QED) is 0.853. The molecule has 2 aliphatic rings. The summed E-state index contributed by atoms with van der Waals surface area (Å²) in [4.78, 5) is 4.68. The van der Waals surface area contributed by atoms with Gasteiger partial charge >= 0.3 is 0 Å². The van der Waals surface area contributed by atoms with Gasteiger partial charge in [-0.15, -0.1) is 0 Å². The van der Waals surface area contributed by atoms with E-state index in [1.165, 1.54) is 18.5 Å². The maximum absolute atomic E-state index is 10.3. The van der Waals surface area contributed by atoms with Gasteiger partial charge in [0.05, 0.1) is 18.8 Å². The van der Waals surface area contributed by atoms with Crippen LogP contribution in [0.25, 0.3) is 0 Å². The SMILES string of the molecule is C[C@H]1CCC[C@H]1OC[C@H](O)CN1CCN(c2cccc(Cl)c2)CC1. The van der Waals surface area contributed by atoms with Crippen molar-refractivity contribution >= 4 is 17.3 Å². The number of rotatable bonds is 6. The second-order valence-corrected chi connectivity index (χ2v) is 7.64. The summed E-state index contributed by atoms with van der Waals surface area (Å²) in [5, 5.41) is 11.1. The zero-order valence-electron chi connectivity index (χ0n) is 14.5. The Morgan fingerprint density at radius 3 is 2.71 bits per heavy atom. The number of halogens is 1. The predicted octanol–water partition coefficient (Wildman–Crippen LogP) is 3.03. The van der Waals surface area contributed by atoms with Crippen molar-refractivity contribution in [1.29, 1.82) is 0 Å². The molecule has 0 aromatic heterocycles. The van der Waals surface area contributed by atoms with E-state index in [0.717, 1.165) is 37.6 Å². The van der Waals surface area contributed by atoms with Crippen molar-refractivity contribution < 1.29 is 9.84 Å². The van der Waals surface area contributed by atoms with Crippen molar-refractivity contribution in [3.05, 3.63) is 29.3 Å². The van der Waals surface area contributed by atoms with Gasteiger partial charge in [-0.05, 0) is 37.0 Å². The average molecular weight is 353 g/mol. The number of aliphatic hydroxyl groups excluding tert-OH is 1. The number of β-amino-alcohol motifs (C(OH)–C–C–N with tert-alkyl or cyclic N) is 1. The van der Waals surface area contributed by atoms with Crippen molar-refractivity contribution in [2.75, 3.05) is 44.2 Å². The molecule has 1 aliphatic carbocycles. The highest BCUT2D eigenvalue weighted by atomic mass is 35.5. The Bertz CT molecular complexity index is 520. The number of hydrogen-bond donors (Lipinski definition) is 1. The molecule has 1 aromatic rings. The van der Waals surface area contributed by atoms with Crippen LogP contribution in [0.4, 0.5) is 5.69 Å². The maximum Gasteiger partial charge on any atom is 0.0900 e. The van der Waals surface area contributed by atoms with Crippen LogP contribution in [0, 0.1) is 5.92 Å². The summed E-state index contributed by atoms with van der Waals surface area (Å²) in [5.41, 5.74) is 1.18. The lowest BCUT2D eigenvalue weighted by Crippen LogP contribution is -2.49. The zero-order chi connectivity index (χ0) is 16.9. The molecule has 0 spiro atoms. The molecule has 3 atom stereocenters. The number of aliphatic hydroxyl groups is 1. The Hall–Kier alpha value is -0.810. The summed E-state index contributed by atoms with van der Waals surface area (Å²) in [6.45, 7) is 7.26. The van der Waals surface area contributed by atoms with Crippen LogP contribution >= 0.6 is 11.6 Å². The minimum atomic E-state index is -0.393. The molecule has 1 heterocycles. The van der Waals surface area contributed by atoms with E-state index in [0.29, 0.717) is 25.2 Å². The molecule has 4 nitrogen and oxygen atoms in total. The molecule has 0 radical (unpaired) electrons. The monoisotopic (exact) mass is 352 g/mol. The first-order chi connectivity index (χ1) is 11.6. The highest BCUT2D eigenvalue weighted by Gasteiger charge is 2.25. The van der Waals surface area contributed by atoms with E-state index in [9.17, 15) is 5.11 Å². The number of benzene rings is 1. The standard InChI is InChI=1S/C19H29ClN2O2/c1-15-4-2-7-19(15)24-14-18(23)13-21-8-10-22(11-9-21)17-6-3-5-16(20)12-17/h3,5-6,12,15,18-19,23H,2,4,7-11,13-14H2,1H3/t15-,18+,19+/m0/s1. The summed E-state index contributed by atoms with van der Waals surface area (Å²) >= 11 is 6.08. The zero-order valence-corrected chi connectivity index (χ0v) is 15.3. The van der Waals surface area contributed by atoms with Gasteiger partial charge in [-0.3, -0.25) is 4.90 Å². The molecular weight excluding hydrogens is 324 g/mol. The molecule has 1 saturated heterocycles. The normalized spacial score (nSPS) is 26.7. The number of piperazine rings is 1. The van der Waals surface area contributed by atoms with E-state index in [4.69, 9.17) is 16.3 Å². The smallest absolute Gasteiger partial charge is 0.0900 e. The maximum atomic E-state index is 10.3. The molecule has 0 unspecified atom stereocenters. The van der Waals surface area contributed by atoms with Crippen molar-refractivity contribution in [1.82, 2.24) is 4.90 Å². The van der Waals surface area contributed by atoms with Gasteiger partial charge in [0.25, 0.3) is 0 Å². The fourth-order valence-corrected chi connectivity index (χ4v) is 3.99. The van der Waals surface area contributed by atoms with Gasteiger partial charge in [0.15, 0.2) is 0 Å². The molecule has 2 fully saturated rings. The molecule has 1 saturated carbocycles. The van der Waals surface area contributed by atoms with Crippen LogP contribution in [0.2, 0.25) is 5.02 Å². The Morgan fingerprint density at radius 2 is 2.04 bits per heavy atom. The minimum absolute atomic E-state index is 0.347. The van der Waals surface area contributed by atoms with Crippen molar-refractivity contribution in [3.8, 4) is 0 Å². The average Bonchev–Trinajstić information content (AvgIpc) is 2.99. The molecule has 5 heteroatoms. The van der Waals surface area contributed by atoms with Gasteiger partial charge in [-0.25, -0.2) is 0 Å². The number of ether oxygens (including phenoxy) is 1. The molecule has 0 bridgehead atoms. The first kappa shape index (κ1) is 18.0. The Morgan fingerprint density at radius 1 is 1.25 bits per heavy atom. The number of nitrogens with zero attached hydrogens (tertiary/aromatic N) is 2. The third-order valence-electron chi connectivity index (χ3n) is 5.30. The summed E-state index contributed by atoms with van der Waals surface area (Å²) in [7, 11) is 0. The first-order valence-electron chi connectivity index (χ1n) is 9.14. The van der Waals surface area contributed by atoms with E-state index >= 15 is 0 Å². The second kappa shape index (κ2) is 8.52. The Balaban J connectivity index is 1.38. The van der Waals surface area contributed by atoms with E-state index < -0.39 is 6.10 Å². The van der Waals surface area contributed by atoms with Crippen LogP contribution in [-0.4, -0.2) is 61.5 Å².